The molecule has 0 unspecified atom stereocenters. The minimum absolute atomic E-state index is 0.270. The number of unbranched alkanes of at least 4 members (excludes halogenated alkanes) is 12. The Balaban J connectivity index is 0. The fraction of sp³-hybridized carbons (Fsp3) is 0.913. The molecule has 0 bridgehead atoms. The van der Waals surface area contributed by atoms with Crippen molar-refractivity contribution in [3.63, 3.8) is 0 Å². The summed E-state index contributed by atoms with van der Waals surface area (Å²) in [5.41, 5.74) is 0. The Morgan fingerprint density at radius 3 is 1.47 bits per heavy atom. The quantitative estimate of drug-likeness (QED) is 0.223. The van der Waals surface area contributed by atoms with Crippen molar-refractivity contribution < 1.29 is 34.0 Å². The minimum atomic E-state index is -0.966. The molecule has 0 fully saturated rings. The van der Waals surface area contributed by atoms with Gasteiger partial charge in [0.15, 0.2) is 0 Å². The van der Waals surface area contributed by atoms with Crippen LogP contribution in [0.15, 0.2) is 0 Å². The molecular formula is C23H46O7. The van der Waals surface area contributed by atoms with E-state index in [0.29, 0.717) is 32.8 Å². The average molecular weight is 435 g/mol. The first kappa shape index (κ1) is 31.0. The Morgan fingerprint density at radius 2 is 1.03 bits per heavy atom. The summed E-state index contributed by atoms with van der Waals surface area (Å²) in [4.78, 5) is 20.2. The molecule has 0 amide bonds. The standard InChI is InChI=1S/C16H32O2.C7H14O5/c1-2-3-4-5-6-7-8-9-10-11-12-13-14-15-16(17)18;1-10-2-3-11-4-5-12-6-7(8)9/h2-15H2,1H3,(H,17,18);2-6H2,1H3,(H,8,9). The van der Waals surface area contributed by atoms with E-state index < -0.39 is 11.9 Å². The van der Waals surface area contributed by atoms with Crippen LogP contribution in [0.3, 0.4) is 0 Å². The molecule has 0 atom stereocenters. The maximum absolute atomic E-state index is 10.3. The maximum Gasteiger partial charge on any atom is 0.329 e. The number of carboxylic acid groups (broad SMARTS) is 2. The van der Waals surface area contributed by atoms with Gasteiger partial charge in [0.2, 0.25) is 0 Å². The fourth-order valence-corrected chi connectivity index (χ4v) is 2.82. The second-order valence-corrected chi connectivity index (χ2v) is 7.44. The van der Waals surface area contributed by atoms with Gasteiger partial charge in [-0.15, -0.1) is 0 Å². The molecule has 0 aromatic heterocycles. The molecule has 180 valence electrons. The van der Waals surface area contributed by atoms with Crippen LogP contribution in [0.2, 0.25) is 0 Å². The molecule has 7 heteroatoms. The molecule has 30 heavy (non-hydrogen) atoms. The van der Waals surface area contributed by atoms with Crippen LogP contribution in [0.1, 0.15) is 96.8 Å². The van der Waals surface area contributed by atoms with Gasteiger partial charge in [0.25, 0.3) is 0 Å². The van der Waals surface area contributed by atoms with E-state index >= 15 is 0 Å². The Labute approximate surface area is 183 Å². The molecule has 0 aliphatic heterocycles. The zero-order chi connectivity index (χ0) is 22.7. The summed E-state index contributed by atoms with van der Waals surface area (Å²) in [6.45, 7) is 3.74. The van der Waals surface area contributed by atoms with Gasteiger partial charge < -0.3 is 24.4 Å². The second-order valence-electron chi connectivity index (χ2n) is 7.44. The number of carbonyl (C=O) groups is 2. The molecule has 0 saturated heterocycles. The number of hydrogen-bond acceptors (Lipinski definition) is 5. The van der Waals surface area contributed by atoms with Gasteiger partial charge in [0.05, 0.1) is 26.4 Å². The van der Waals surface area contributed by atoms with Crippen LogP contribution >= 0.6 is 0 Å². The molecule has 0 aliphatic rings. The van der Waals surface area contributed by atoms with Crippen LogP contribution < -0.4 is 0 Å². The largest absolute Gasteiger partial charge is 0.481 e. The molecule has 0 heterocycles. The van der Waals surface area contributed by atoms with E-state index in [1.807, 2.05) is 0 Å². The summed E-state index contributed by atoms with van der Waals surface area (Å²) in [6, 6.07) is 0. The van der Waals surface area contributed by atoms with Crippen LogP contribution in [0.5, 0.6) is 0 Å². The molecule has 2 N–H and O–H groups in total. The van der Waals surface area contributed by atoms with E-state index in [4.69, 9.17) is 24.4 Å². The lowest BCUT2D eigenvalue weighted by Crippen LogP contribution is -2.12. The van der Waals surface area contributed by atoms with Crippen molar-refractivity contribution in [3.8, 4) is 0 Å². The zero-order valence-corrected chi connectivity index (χ0v) is 19.4. The summed E-state index contributed by atoms with van der Waals surface area (Å²) in [5, 5.41) is 16.7. The fourth-order valence-electron chi connectivity index (χ4n) is 2.82. The average Bonchev–Trinajstić information content (AvgIpc) is 2.71. The first-order valence-corrected chi connectivity index (χ1v) is 11.6. The van der Waals surface area contributed by atoms with Crippen LogP contribution in [-0.2, 0) is 23.8 Å². The molecule has 0 aromatic rings. The third-order valence-corrected chi connectivity index (χ3v) is 4.52. The van der Waals surface area contributed by atoms with Crippen molar-refractivity contribution in [2.75, 3.05) is 40.1 Å². The third-order valence-electron chi connectivity index (χ3n) is 4.52. The minimum Gasteiger partial charge on any atom is -0.481 e. The number of rotatable bonds is 22. The SMILES string of the molecule is CCCCCCCCCCCCCCCC(=O)O.COCCOCCOCC(=O)O. The van der Waals surface area contributed by atoms with Crippen LogP contribution in [0, 0.1) is 0 Å². The van der Waals surface area contributed by atoms with Crippen molar-refractivity contribution in [1.82, 2.24) is 0 Å². The molecular weight excluding hydrogens is 388 g/mol. The summed E-state index contributed by atoms with van der Waals surface area (Å²) in [7, 11) is 1.59. The van der Waals surface area contributed by atoms with Gasteiger partial charge in [-0.05, 0) is 6.42 Å². The number of carboxylic acids is 2. The monoisotopic (exact) mass is 434 g/mol. The first-order chi connectivity index (χ1) is 14.5. The highest BCUT2D eigenvalue weighted by Gasteiger charge is 1.97. The molecule has 0 saturated carbocycles. The summed E-state index contributed by atoms with van der Waals surface area (Å²) in [5.74, 6) is -1.62. The highest BCUT2D eigenvalue weighted by molar-refractivity contribution is 5.68. The van der Waals surface area contributed by atoms with E-state index in [1.54, 1.807) is 7.11 Å². The van der Waals surface area contributed by atoms with Gasteiger partial charge >= 0.3 is 11.9 Å². The van der Waals surface area contributed by atoms with E-state index in [9.17, 15) is 9.59 Å². The van der Waals surface area contributed by atoms with Gasteiger partial charge in [-0.25, -0.2) is 4.79 Å². The Bertz CT molecular complexity index is 361. The van der Waals surface area contributed by atoms with Gasteiger partial charge in [-0.1, -0.05) is 84.0 Å². The van der Waals surface area contributed by atoms with E-state index in [1.165, 1.54) is 70.6 Å². The number of ether oxygens (including phenoxy) is 3. The molecule has 7 nitrogen and oxygen atoms in total. The number of hydrogen-bond donors (Lipinski definition) is 2. The normalized spacial score (nSPS) is 10.5. The van der Waals surface area contributed by atoms with Gasteiger partial charge in [0, 0.05) is 13.5 Å². The lowest BCUT2D eigenvalue weighted by molar-refractivity contribution is -0.142. The summed E-state index contributed by atoms with van der Waals surface area (Å²) >= 11 is 0. The Kier molecular flexibility index (Phi) is 28.8. The van der Waals surface area contributed by atoms with E-state index in [0.717, 1.165) is 12.8 Å². The Hall–Kier alpha value is -1.18. The molecule has 0 rings (SSSR count). The van der Waals surface area contributed by atoms with Gasteiger partial charge in [-0.3, -0.25) is 4.79 Å². The smallest absolute Gasteiger partial charge is 0.329 e. The maximum atomic E-state index is 10.3. The topological polar surface area (TPSA) is 102 Å². The highest BCUT2D eigenvalue weighted by atomic mass is 16.5. The lowest BCUT2D eigenvalue weighted by Gasteiger charge is -2.02. The van der Waals surface area contributed by atoms with Gasteiger partial charge in [0.1, 0.15) is 6.61 Å². The number of methoxy groups -OCH3 is 1. The van der Waals surface area contributed by atoms with Crippen LogP contribution in [-0.4, -0.2) is 62.3 Å². The van der Waals surface area contributed by atoms with Crippen molar-refractivity contribution in [2.45, 2.75) is 96.8 Å². The van der Waals surface area contributed by atoms with Crippen molar-refractivity contribution >= 4 is 11.9 Å². The molecule has 0 radical (unpaired) electrons. The second kappa shape index (κ2) is 27.8. The predicted molar refractivity (Wildman–Crippen MR) is 119 cm³/mol. The van der Waals surface area contributed by atoms with E-state index in [2.05, 4.69) is 6.92 Å². The molecule has 0 aliphatic carbocycles. The van der Waals surface area contributed by atoms with Crippen LogP contribution in [0.25, 0.3) is 0 Å². The molecule has 0 spiro atoms. The molecule has 0 aromatic carbocycles. The highest BCUT2D eigenvalue weighted by Crippen LogP contribution is 2.12. The third kappa shape index (κ3) is 34.3. The summed E-state index contributed by atoms with van der Waals surface area (Å²) in [6.07, 6.45) is 17.3. The van der Waals surface area contributed by atoms with Crippen LogP contribution in [0.4, 0.5) is 0 Å². The predicted octanol–water partition coefficient (Wildman–Crippen LogP) is 5.30. The lowest BCUT2D eigenvalue weighted by atomic mass is 10.0. The summed E-state index contributed by atoms with van der Waals surface area (Å²) < 4.78 is 14.4. The van der Waals surface area contributed by atoms with Crippen molar-refractivity contribution in [1.29, 1.82) is 0 Å². The Morgan fingerprint density at radius 1 is 0.600 bits per heavy atom. The van der Waals surface area contributed by atoms with Crippen molar-refractivity contribution in [2.24, 2.45) is 0 Å². The van der Waals surface area contributed by atoms with Gasteiger partial charge in [-0.2, -0.15) is 0 Å². The van der Waals surface area contributed by atoms with Crippen molar-refractivity contribution in [3.05, 3.63) is 0 Å². The van der Waals surface area contributed by atoms with E-state index in [-0.39, 0.29) is 6.61 Å². The zero-order valence-electron chi connectivity index (χ0n) is 19.4. The first-order valence-electron chi connectivity index (χ1n) is 11.6. The number of aliphatic carboxylic acids is 2.